The number of hydrogen-bond donors (Lipinski definition) is 1. The summed E-state index contributed by atoms with van der Waals surface area (Å²) in [4.78, 5) is 14.9. The van der Waals surface area contributed by atoms with Crippen LogP contribution in [0.2, 0.25) is 0 Å². The van der Waals surface area contributed by atoms with E-state index in [-0.39, 0.29) is 6.42 Å². The maximum absolute atomic E-state index is 10.5. The quantitative estimate of drug-likeness (QED) is 0.869. The molecule has 0 amide bonds. The van der Waals surface area contributed by atoms with Crippen LogP contribution in [0.3, 0.4) is 0 Å². The molecular weight excluding hydrogens is 246 g/mol. The Kier molecular flexibility index (Phi) is 4.47. The number of nitrogens with zero attached hydrogens (tertiary/aromatic N) is 1. The van der Waals surface area contributed by atoms with Crippen molar-refractivity contribution in [2.75, 3.05) is 0 Å². The molecule has 94 valence electrons. The molecule has 1 heterocycles. The third kappa shape index (κ3) is 3.96. The Morgan fingerprint density at radius 3 is 2.72 bits per heavy atom. The standard InChI is InChI=1S/C14H15NO2S/c16-14(17)9-12-10-18-13(15-12)8-4-7-11-5-2-1-3-6-11/h1-3,5-6,10H,4,7-9H2,(H,16,17). The van der Waals surface area contributed by atoms with E-state index in [2.05, 4.69) is 17.1 Å². The number of rotatable bonds is 6. The first-order chi connectivity index (χ1) is 8.74. The minimum atomic E-state index is -0.823. The van der Waals surface area contributed by atoms with Gasteiger partial charge < -0.3 is 5.11 Å². The van der Waals surface area contributed by atoms with Gasteiger partial charge in [0.25, 0.3) is 0 Å². The van der Waals surface area contributed by atoms with Crippen molar-refractivity contribution in [3.8, 4) is 0 Å². The largest absolute Gasteiger partial charge is 0.481 e. The molecular formula is C14H15NO2S. The molecule has 18 heavy (non-hydrogen) atoms. The molecule has 0 radical (unpaired) electrons. The van der Waals surface area contributed by atoms with Gasteiger partial charge >= 0.3 is 5.97 Å². The summed E-state index contributed by atoms with van der Waals surface area (Å²) < 4.78 is 0. The van der Waals surface area contributed by atoms with Gasteiger partial charge in [-0.05, 0) is 24.8 Å². The Bertz CT molecular complexity index is 508. The Morgan fingerprint density at radius 1 is 1.22 bits per heavy atom. The van der Waals surface area contributed by atoms with Crippen molar-refractivity contribution in [1.82, 2.24) is 4.98 Å². The van der Waals surface area contributed by atoms with Gasteiger partial charge in [-0.3, -0.25) is 4.79 Å². The zero-order valence-corrected chi connectivity index (χ0v) is 10.8. The Hall–Kier alpha value is -1.68. The van der Waals surface area contributed by atoms with Crippen LogP contribution in [0.4, 0.5) is 0 Å². The summed E-state index contributed by atoms with van der Waals surface area (Å²) in [5.74, 6) is -0.823. The number of hydrogen-bond acceptors (Lipinski definition) is 3. The van der Waals surface area contributed by atoms with Crippen molar-refractivity contribution in [2.45, 2.75) is 25.7 Å². The van der Waals surface area contributed by atoms with E-state index in [0.29, 0.717) is 5.69 Å². The summed E-state index contributed by atoms with van der Waals surface area (Å²) in [6.45, 7) is 0. The summed E-state index contributed by atoms with van der Waals surface area (Å²) in [5.41, 5.74) is 2.00. The number of benzene rings is 1. The lowest BCUT2D eigenvalue weighted by Gasteiger charge is -1.99. The zero-order chi connectivity index (χ0) is 12.8. The molecule has 4 heteroatoms. The first-order valence-corrected chi connectivity index (χ1v) is 6.81. The molecule has 0 aliphatic rings. The van der Waals surface area contributed by atoms with E-state index in [1.165, 1.54) is 5.56 Å². The third-order valence-electron chi connectivity index (χ3n) is 2.63. The highest BCUT2D eigenvalue weighted by atomic mass is 32.1. The van der Waals surface area contributed by atoms with Gasteiger partial charge in [-0.1, -0.05) is 30.3 Å². The lowest BCUT2D eigenvalue weighted by Crippen LogP contribution is -2.00. The number of carboxylic acids is 1. The van der Waals surface area contributed by atoms with Crippen LogP contribution < -0.4 is 0 Å². The minimum Gasteiger partial charge on any atom is -0.481 e. The monoisotopic (exact) mass is 261 g/mol. The van der Waals surface area contributed by atoms with Gasteiger partial charge in [0.1, 0.15) is 0 Å². The number of carboxylic acid groups (broad SMARTS) is 1. The highest BCUT2D eigenvalue weighted by molar-refractivity contribution is 7.09. The molecule has 1 N–H and O–H groups in total. The van der Waals surface area contributed by atoms with E-state index in [0.717, 1.165) is 24.3 Å². The molecule has 2 rings (SSSR count). The highest BCUT2D eigenvalue weighted by Gasteiger charge is 2.05. The van der Waals surface area contributed by atoms with Gasteiger partial charge in [-0.25, -0.2) is 4.98 Å². The molecule has 2 aromatic rings. The molecule has 0 spiro atoms. The molecule has 3 nitrogen and oxygen atoms in total. The Morgan fingerprint density at radius 2 is 2.00 bits per heavy atom. The van der Waals surface area contributed by atoms with Gasteiger partial charge in [0.2, 0.25) is 0 Å². The van der Waals surface area contributed by atoms with E-state index in [4.69, 9.17) is 5.11 Å². The zero-order valence-electron chi connectivity index (χ0n) is 10.0. The number of carbonyl (C=O) groups is 1. The van der Waals surface area contributed by atoms with Crippen LogP contribution in [0.15, 0.2) is 35.7 Å². The summed E-state index contributed by atoms with van der Waals surface area (Å²) in [6, 6.07) is 10.4. The van der Waals surface area contributed by atoms with Crippen molar-refractivity contribution >= 4 is 17.3 Å². The third-order valence-corrected chi connectivity index (χ3v) is 3.59. The molecule has 0 aliphatic carbocycles. The van der Waals surface area contributed by atoms with E-state index >= 15 is 0 Å². The molecule has 0 atom stereocenters. The van der Waals surface area contributed by atoms with Crippen LogP contribution in [0.25, 0.3) is 0 Å². The molecule has 1 aromatic carbocycles. The second kappa shape index (κ2) is 6.31. The van der Waals surface area contributed by atoms with Gasteiger partial charge in [0, 0.05) is 5.38 Å². The molecule has 0 fully saturated rings. The topological polar surface area (TPSA) is 50.2 Å². The van der Waals surface area contributed by atoms with Crippen molar-refractivity contribution in [3.05, 3.63) is 52.0 Å². The Balaban J connectivity index is 1.80. The summed E-state index contributed by atoms with van der Waals surface area (Å²) in [5, 5.41) is 11.5. The van der Waals surface area contributed by atoms with Crippen molar-refractivity contribution in [2.24, 2.45) is 0 Å². The predicted molar refractivity (Wildman–Crippen MR) is 71.9 cm³/mol. The van der Waals surface area contributed by atoms with Crippen molar-refractivity contribution in [1.29, 1.82) is 0 Å². The SMILES string of the molecule is O=C(O)Cc1csc(CCCc2ccccc2)n1. The van der Waals surface area contributed by atoms with E-state index in [1.54, 1.807) is 11.3 Å². The summed E-state index contributed by atoms with van der Waals surface area (Å²) in [6.07, 6.45) is 3.02. The predicted octanol–water partition coefficient (Wildman–Crippen LogP) is 2.95. The fourth-order valence-corrected chi connectivity index (χ4v) is 2.63. The number of aliphatic carboxylic acids is 1. The lowest BCUT2D eigenvalue weighted by atomic mass is 10.1. The second-order valence-electron chi connectivity index (χ2n) is 4.14. The van der Waals surface area contributed by atoms with E-state index in [1.807, 2.05) is 23.6 Å². The van der Waals surface area contributed by atoms with Gasteiger partial charge in [0.05, 0.1) is 17.1 Å². The summed E-state index contributed by atoms with van der Waals surface area (Å²) >= 11 is 1.55. The first-order valence-electron chi connectivity index (χ1n) is 5.93. The van der Waals surface area contributed by atoms with Gasteiger partial charge in [-0.15, -0.1) is 11.3 Å². The molecule has 0 saturated heterocycles. The first kappa shape index (κ1) is 12.8. The van der Waals surface area contributed by atoms with E-state index in [9.17, 15) is 4.79 Å². The van der Waals surface area contributed by atoms with Crippen LogP contribution in [0.5, 0.6) is 0 Å². The van der Waals surface area contributed by atoms with Crippen LogP contribution in [0, 0.1) is 0 Å². The van der Waals surface area contributed by atoms with E-state index < -0.39 is 5.97 Å². The maximum Gasteiger partial charge on any atom is 0.309 e. The maximum atomic E-state index is 10.5. The number of aryl methyl sites for hydroxylation is 2. The van der Waals surface area contributed by atoms with Crippen molar-refractivity contribution < 1.29 is 9.90 Å². The van der Waals surface area contributed by atoms with Crippen LogP contribution >= 0.6 is 11.3 Å². The average molecular weight is 261 g/mol. The number of thiazole rings is 1. The van der Waals surface area contributed by atoms with Crippen LogP contribution in [0.1, 0.15) is 22.7 Å². The van der Waals surface area contributed by atoms with Crippen molar-refractivity contribution in [3.63, 3.8) is 0 Å². The number of aromatic nitrogens is 1. The second-order valence-corrected chi connectivity index (χ2v) is 5.08. The summed E-state index contributed by atoms with van der Waals surface area (Å²) in [7, 11) is 0. The van der Waals surface area contributed by atoms with Crippen LogP contribution in [-0.2, 0) is 24.1 Å². The fraction of sp³-hybridized carbons (Fsp3) is 0.286. The molecule has 0 aliphatic heterocycles. The van der Waals surface area contributed by atoms with Gasteiger partial charge in [-0.2, -0.15) is 0 Å². The molecule has 1 aromatic heterocycles. The van der Waals surface area contributed by atoms with Crippen LogP contribution in [-0.4, -0.2) is 16.1 Å². The lowest BCUT2D eigenvalue weighted by molar-refractivity contribution is -0.136. The molecule has 0 unspecified atom stereocenters. The fourth-order valence-electron chi connectivity index (χ4n) is 1.79. The highest BCUT2D eigenvalue weighted by Crippen LogP contribution is 2.14. The molecule has 0 saturated carbocycles. The smallest absolute Gasteiger partial charge is 0.309 e. The average Bonchev–Trinajstić information content (AvgIpc) is 2.77. The Labute approximate surface area is 110 Å². The molecule has 0 bridgehead atoms. The van der Waals surface area contributed by atoms with Gasteiger partial charge in [0.15, 0.2) is 0 Å². The normalized spacial score (nSPS) is 10.4. The minimum absolute atomic E-state index is 0.0230.